The highest BCUT2D eigenvalue weighted by Gasteiger charge is 2.42. The van der Waals surface area contributed by atoms with Crippen LogP contribution < -0.4 is 4.74 Å². The smallest absolute Gasteiger partial charge is 0.320 e. The molecule has 1 aliphatic carbocycles. The molecule has 3 rings (SSSR count). The number of hydrogen-bond acceptors (Lipinski definition) is 9. The molecule has 1 saturated carbocycles. The first kappa shape index (κ1) is 36.5. The summed E-state index contributed by atoms with van der Waals surface area (Å²) in [5.74, 6) is -2.47. The zero-order chi connectivity index (χ0) is 33.7. The minimum Gasteiger partial charge on any atom is -0.506 e. The molecular formula is C34H50NO9P. The number of rotatable bonds is 11. The molecule has 0 bridgehead atoms. The Hall–Kier alpha value is -2.94. The first-order chi connectivity index (χ1) is 20.8. The molecule has 250 valence electrons. The molecule has 2 aromatic rings. The average molecular weight is 648 g/mol. The van der Waals surface area contributed by atoms with Crippen LogP contribution in [-0.4, -0.2) is 45.9 Å². The second-order valence-electron chi connectivity index (χ2n) is 14.2. The zero-order valence-electron chi connectivity index (χ0n) is 28.2. The Kier molecular flexibility index (Phi) is 11.9. The van der Waals surface area contributed by atoms with Crippen LogP contribution in [-0.2, 0) is 34.6 Å². The molecular weight excluding hydrogens is 597 g/mol. The fraction of sp³-hybridized carbons (Fsp3) is 0.618. The van der Waals surface area contributed by atoms with Crippen LogP contribution in [0.25, 0.3) is 0 Å². The van der Waals surface area contributed by atoms with Gasteiger partial charge in [0.15, 0.2) is 13.2 Å². The molecule has 2 N–H and O–H groups in total. The van der Waals surface area contributed by atoms with Gasteiger partial charge in [0.2, 0.25) is 0 Å². The molecule has 1 aromatic heterocycles. The first-order valence-corrected chi connectivity index (χ1v) is 16.8. The minimum absolute atomic E-state index is 0.234. The van der Waals surface area contributed by atoms with Crippen molar-refractivity contribution in [1.29, 1.82) is 0 Å². The molecule has 1 aromatic carbocycles. The van der Waals surface area contributed by atoms with E-state index in [1.165, 1.54) is 6.42 Å². The Morgan fingerprint density at radius 2 is 1.47 bits per heavy atom. The van der Waals surface area contributed by atoms with Gasteiger partial charge in [0.25, 0.3) is 5.79 Å². The predicted octanol–water partition coefficient (Wildman–Crippen LogP) is 7.00. The lowest BCUT2D eigenvalue weighted by molar-refractivity contribution is -0.206. The van der Waals surface area contributed by atoms with E-state index in [0.29, 0.717) is 12.2 Å². The van der Waals surface area contributed by atoms with E-state index in [9.17, 15) is 24.2 Å². The number of aryl methyl sites for hydroxylation is 1. The average Bonchev–Trinajstić information content (AvgIpc) is 2.95. The van der Waals surface area contributed by atoms with Gasteiger partial charge in [-0.2, -0.15) is 0 Å². The van der Waals surface area contributed by atoms with Gasteiger partial charge >= 0.3 is 20.2 Å². The first-order valence-electron chi connectivity index (χ1n) is 15.6. The fourth-order valence-corrected chi connectivity index (χ4v) is 5.74. The Balaban J connectivity index is 1.98. The topological polar surface area (TPSA) is 141 Å². The zero-order valence-corrected chi connectivity index (χ0v) is 29.2. The molecule has 0 spiro atoms. The maximum atomic E-state index is 12.7. The van der Waals surface area contributed by atoms with E-state index in [1.807, 2.05) is 26.8 Å². The molecule has 11 heteroatoms. The summed E-state index contributed by atoms with van der Waals surface area (Å²) in [5, 5.41) is 10.6. The third-order valence-corrected chi connectivity index (χ3v) is 8.71. The molecule has 1 aliphatic rings. The number of aromatic hydroxyl groups is 1. The van der Waals surface area contributed by atoms with Crippen molar-refractivity contribution in [2.45, 2.75) is 113 Å². The highest BCUT2D eigenvalue weighted by molar-refractivity contribution is 7.32. The standard InChI is InChI=1S/C34H50NO9P/c1-21-17-28(23(3)22(2)26(21)18-25-15-16-27(36)29(35-25)24-13-11-10-12-14-24)43-34(44-45(39)40,19-41-30(37)32(4,5)6)20-42-31(38)33(7,8)9/h15-17,24,36,45H,10-14,18-20H2,1-9H3,(H,39,40). The van der Waals surface area contributed by atoms with Gasteiger partial charge in [-0.1, -0.05) is 19.3 Å². The van der Waals surface area contributed by atoms with Gasteiger partial charge in [0.05, 0.1) is 16.5 Å². The summed E-state index contributed by atoms with van der Waals surface area (Å²) in [4.78, 5) is 40.1. The van der Waals surface area contributed by atoms with Crippen LogP contribution in [0.1, 0.15) is 113 Å². The van der Waals surface area contributed by atoms with Crippen molar-refractivity contribution in [2.24, 2.45) is 10.8 Å². The highest BCUT2D eigenvalue weighted by atomic mass is 31.1. The lowest BCUT2D eigenvalue weighted by Gasteiger charge is -2.34. The van der Waals surface area contributed by atoms with Crippen LogP contribution in [0.2, 0.25) is 0 Å². The number of benzene rings is 1. The molecule has 1 heterocycles. The lowest BCUT2D eigenvalue weighted by atomic mass is 9.86. The van der Waals surface area contributed by atoms with E-state index in [4.69, 9.17) is 23.7 Å². The quantitative estimate of drug-likeness (QED) is 0.149. The van der Waals surface area contributed by atoms with E-state index < -0.39 is 50.0 Å². The number of pyridine rings is 1. The van der Waals surface area contributed by atoms with E-state index >= 15 is 0 Å². The largest absolute Gasteiger partial charge is 0.506 e. The third kappa shape index (κ3) is 9.77. The van der Waals surface area contributed by atoms with Crippen molar-refractivity contribution < 1.29 is 42.9 Å². The number of esters is 2. The number of hydrogen-bond donors (Lipinski definition) is 2. The van der Waals surface area contributed by atoms with E-state index in [2.05, 4.69) is 0 Å². The summed E-state index contributed by atoms with van der Waals surface area (Å²) < 4.78 is 34.8. The number of ether oxygens (including phenoxy) is 3. The van der Waals surface area contributed by atoms with Crippen molar-refractivity contribution in [2.75, 3.05) is 13.2 Å². The van der Waals surface area contributed by atoms with Gasteiger partial charge in [0, 0.05) is 18.0 Å². The summed E-state index contributed by atoms with van der Waals surface area (Å²) in [7, 11) is -3.66. The van der Waals surface area contributed by atoms with Crippen molar-refractivity contribution in [3.63, 3.8) is 0 Å². The van der Waals surface area contributed by atoms with Gasteiger partial charge in [-0.05, 0) is 116 Å². The Bertz CT molecular complexity index is 1370. The Labute approximate surface area is 267 Å². The third-order valence-electron chi connectivity index (χ3n) is 8.16. The summed E-state index contributed by atoms with van der Waals surface area (Å²) in [6, 6.07) is 5.34. The number of carbonyl (C=O) groups is 2. The SMILES string of the molecule is Cc1cc(OC(COC(=O)C(C)(C)C)(COC(=O)C(C)(C)C)O[PH](=O)O)c(C)c(C)c1Cc1ccc(O)c(C2CCCCC2)n1. The fourth-order valence-electron chi connectivity index (χ4n) is 5.27. The van der Waals surface area contributed by atoms with Crippen LogP contribution in [0, 0.1) is 31.6 Å². The Morgan fingerprint density at radius 1 is 0.911 bits per heavy atom. The van der Waals surface area contributed by atoms with E-state index in [1.54, 1.807) is 53.7 Å². The summed E-state index contributed by atoms with van der Waals surface area (Å²) in [6.45, 7) is 14.5. The molecule has 45 heavy (non-hydrogen) atoms. The summed E-state index contributed by atoms with van der Waals surface area (Å²) in [5.41, 5.74) is 3.37. The maximum absolute atomic E-state index is 12.7. The van der Waals surface area contributed by atoms with E-state index in [0.717, 1.165) is 59.3 Å². The van der Waals surface area contributed by atoms with Crippen LogP contribution in [0.4, 0.5) is 0 Å². The van der Waals surface area contributed by atoms with Crippen molar-refractivity contribution in [1.82, 2.24) is 4.98 Å². The maximum Gasteiger partial charge on any atom is 0.320 e. The van der Waals surface area contributed by atoms with Crippen LogP contribution in [0.5, 0.6) is 11.5 Å². The number of nitrogens with zero attached hydrogens (tertiary/aromatic N) is 1. The van der Waals surface area contributed by atoms with Crippen molar-refractivity contribution >= 4 is 20.2 Å². The van der Waals surface area contributed by atoms with Gasteiger partial charge in [-0.3, -0.25) is 23.7 Å². The van der Waals surface area contributed by atoms with Crippen LogP contribution >= 0.6 is 8.25 Å². The molecule has 0 saturated heterocycles. The van der Waals surface area contributed by atoms with Crippen molar-refractivity contribution in [3.05, 3.63) is 51.8 Å². The normalized spacial score (nSPS) is 15.4. The van der Waals surface area contributed by atoms with Gasteiger partial charge in [-0.25, -0.2) is 0 Å². The molecule has 1 atom stereocenters. The van der Waals surface area contributed by atoms with Crippen LogP contribution in [0.15, 0.2) is 18.2 Å². The molecule has 10 nitrogen and oxygen atoms in total. The summed E-state index contributed by atoms with van der Waals surface area (Å²) >= 11 is 0. The molecule has 0 radical (unpaired) electrons. The van der Waals surface area contributed by atoms with E-state index in [-0.39, 0.29) is 11.7 Å². The number of aromatic nitrogens is 1. The second-order valence-corrected chi connectivity index (χ2v) is 14.9. The molecule has 0 aliphatic heterocycles. The molecule has 1 fully saturated rings. The highest BCUT2D eigenvalue weighted by Crippen LogP contribution is 2.38. The minimum atomic E-state index is -3.66. The molecule has 1 unspecified atom stereocenters. The second kappa shape index (κ2) is 14.7. The van der Waals surface area contributed by atoms with Crippen LogP contribution in [0.3, 0.4) is 0 Å². The number of carbonyl (C=O) groups excluding carboxylic acids is 2. The van der Waals surface area contributed by atoms with Crippen molar-refractivity contribution in [3.8, 4) is 11.5 Å². The summed E-state index contributed by atoms with van der Waals surface area (Å²) in [6.07, 6.45) is 6.05. The monoisotopic (exact) mass is 647 g/mol. The van der Waals surface area contributed by atoms with Gasteiger partial charge < -0.3 is 24.2 Å². The predicted molar refractivity (Wildman–Crippen MR) is 172 cm³/mol. The Morgan fingerprint density at radius 3 is 1.98 bits per heavy atom. The van der Waals surface area contributed by atoms with Gasteiger partial charge in [-0.15, -0.1) is 0 Å². The molecule has 0 amide bonds. The van der Waals surface area contributed by atoms with Gasteiger partial charge in [0.1, 0.15) is 11.5 Å². The lowest BCUT2D eigenvalue weighted by Crippen LogP contribution is -2.49.